The minimum absolute atomic E-state index is 0.0177. The molecule has 0 spiro atoms. The number of alkyl halides is 1. The summed E-state index contributed by atoms with van der Waals surface area (Å²) in [5, 5.41) is 13.8. The van der Waals surface area contributed by atoms with Crippen molar-refractivity contribution in [3.05, 3.63) is 12.0 Å². The highest BCUT2D eigenvalue weighted by Gasteiger charge is 2.48. The third-order valence-corrected chi connectivity index (χ3v) is 6.03. The van der Waals surface area contributed by atoms with Gasteiger partial charge in [0, 0.05) is 44.3 Å². The van der Waals surface area contributed by atoms with Crippen LogP contribution in [-0.4, -0.2) is 86.3 Å². The molecule has 4 aliphatic heterocycles. The van der Waals surface area contributed by atoms with Crippen molar-refractivity contribution in [1.82, 2.24) is 36.6 Å². The Morgan fingerprint density at radius 1 is 1.33 bits per heavy atom. The van der Waals surface area contributed by atoms with Crippen molar-refractivity contribution in [2.45, 2.75) is 30.6 Å². The highest BCUT2D eigenvalue weighted by molar-refractivity contribution is 5.81. The molecular formula is C16H28F2N8O. The number of fused-ring (bicyclic) bond motifs is 1. The first-order valence-electron chi connectivity index (χ1n) is 9.41. The van der Waals surface area contributed by atoms with E-state index in [-0.39, 0.29) is 42.8 Å². The second-order valence-electron chi connectivity index (χ2n) is 7.79. The van der Waals surface area contributed by atoms with Crippen LogP contribution in [0.4, 0.5) is 8.78 Å². The summed E-state index contributed by atoms with van der Waals surface area (Å²) in [4.78, 5) is 15.1. The molecule has 0 aromatic carbocycles. The van der Waals surface area contributed by atoms with E-state index in [1.165, 1.54) is 11.2 Å². The van der Waals surface area contributed by atoms with E-state index in [9.17, 15) is 13.6 Å². The van der Waals surface area contributed by atoms with Crippen molar-refractivity contribution in [3.63, 3.8) is 0 Å². The number of carbonyl (C=O) groups is 1. The zero-order valence-corrected chi connectivity index (χ0v) is 15.3. The van der Waals surface area contributed by atoms with Gasteiger partial charge in [-0.3, -0.25) is 20.0 Å². The van der Waals surface area contributed by atoms with Gasteiger partial charge >= 0.3 is 0 Å². The lowest BCUT2D eigenvalue weighted by Crippen LogP contribution is -2.63. The van der Waals surface area contributed by atoms with Crippen molar-refractivity contribution < 1.29 is 13.6 Å². The second kappa shape index (κ2) is 7.57. The average molecular weight is 386 g/mol. The number of nitrogens with one attached hydrogen (secondary N) is 5. The topological polar surface area (TPSA) is 110 Å². The van der Waals surface area contributed by atoms with E-state index in [1.54, 1.807) is 0 Å². The molecule has 9 nitrogen and oxygen atoms in total. The molecule has 0 aromatic rings. The van der Waals surface area contributed by atoms with E-state index >= 15 is 0 Å². The van der Waals surface area contributed by atoms with Crippen LogP contribution in [0.5, 0.6) is 0 Å². The number of hydrogen-bond donors (Lipinski definition) is 6. The van der Waals surface area contributed by atoms with Crippen LogP contribution < -0.4 is 32.4 Å². The Labute approximate surface area is 157 Å². The van der Waals surface area contributed by atoms with Gasteiger partial charge in [0.25, 0.3) is 0 Å². The molecule has 152 valence electrons. The third-order valence-electron chi connectivity index (χ3n) is 6.03. The molecule has 3 fully saturated rings. The zero-order chi connectivity index (χ0) is 19.1. The van der Waals surface area contributed by atoms with Gasteiger partial charge < -0.3 is 21.7 Å². The fourth-order valence-electron chi connectivity index (χ4n) is 4.68. The quantitative estimate of drug-likeness (QED) is 0.312. The summed E-state index contributed by atoms with van der Waals surface area (Å²) in [5.41, 5.74) is 8.98. The van der Waals surface area contributed by atoms with Gasteiger partial charge in [0.15, 0.2) is 0 Å². The number of piperidine rings is 1. The minimum atomic E-state index is -1.05. The van der Waals surface area contributed by atoms with Gasteiger partial charge in [-0.1, -0.05) is 0 Å². The number of likely N-dealkylation sites (N-methyl/N-ethyl adjacent to an activating group) is 1. The fraction of sp³-hybridized carbons (Fsp3) is 0.812. The van der Waals surface area contributed by atoms with Gasteiger partial charge in [0.1, 0.15) is 24.1 Å². The standard InChI is InChI=1S/C16H28F2N8O/c1-25-7-21-5-11(25)12-9(18)3-20-4-10(12)23-16(27)13-14(19)24-26-6-8(17)2-22-15(13)26/h6,9-15,20-22,24H,2-5,7,19H2,1H3,(H,23,27). The molecule has 11 heteroatoms. The summed E-state index contributed by atoms with van der Waals surface area (Å²) in [6.07, 6.45) is -0.827. The molecule has 4 heterocycles. The van der Waals surface area contributed by atoms with Gasteiger partial charge in [-0.05, 0) is 7.05 Å². The summed E-state index contributed by atoms with van der Waals surface area (Å²) < 4.78 is 28.2. The molecule has 0 bridgehead atoms. The molecule has 0 aromatic heterocycles. The van der Waals surface area contributed by atoms with Crippen molar-refractivity contribution >= 4 is 5.91 Å². The predicted molar refractivity (Wildman–Crippen MR) is 95.0 cm³/mol. The zero-order valence-electron chi connectivity index (χ0n) is 15.3. The molecule has 27 heavy (non-hydrogen) atoms. The number of carbonyl (C=O) groups excluding carboxylic acids is 1. The molecule has 7 N–H and O–H groups in total. The van der Waals surface area contributed by atoms with Crippen molar-refractivity contribution in [2.24, 2.45) is 17.6 Å². The Kier molecular flexibility index (Phi) is 5.32. The van der Waals surface area contributed by atoms with Crippen LogP contribution in [0.25, 0.3) is 0 Å². The first-order chi connectivity index (χ1) is 13.0. The van der Waals surface area contributed by atoms with Crippen LogP contribution in [0.3, 0.4) is 0 Å². The molecule has 0 saturated carbocycles. The summed E-state index contributed by atoms with van der Waals surface area (Å²) in [6.45, 7) is 2.25. The maximum atomic E-state index is 14.8. The molecule has 7 atom stereocenters. The number of rotatable bonds is 3. The average Bonchev–Trinajstić information content (AvgIpc) is 3.17. The maximum Gasteiger partial charge on any atom is 0.229 e. The predicted octanol–water partition coefficient (Wildman–Crippen LogP) is -2.65. The monoisotopic (exact) mass is 386 g/mol. The van der Waals surface area contributed by atoms with E-state index in [0.29, 0.717) is 19.8 Å². The highest BCUT2D eigenvalue weighted by Crippen LogP contribution is 2.27. The van der Waals surface area contributed by atoms with E-state index < -0.39 is 24.4 Å². The smallest absolute Gasteiger partial charge is 0.229 e. The summed E-state index contributed by atoms with van der Waals surface area (Å²) in [6, 6.07) is -0.324. The van der Waals surface area contributed by atoms with E-state index in [0.717, 1.165) is 0 Å². The second-order valence-corrected chi connectivity index (χ2v) is 7.79. The highest BCUT2D eigenvalue weighted by atomic mass is 19.1. The normalized spacial score (nSPS) is 42.7. The van der Waals surface area contributed by atoms with Gasteiger partial charge in [-0.15, -0.1) is 0 Å². The first-order valence-corrected chi connectivity index (χ1v) is 9.41. The van der Waals surface area contributed by atoms with Crippen molar-refractivity contribution in [1.29, 1.82) is 0 Å². The lowest BCUT2D eigenvalue weighted by molar-refractivity contribution is -0.128. The molecule has 3 saturated heterocycles. The Morgan fingerprint density at radius 2 is 2.15 bits per heavy atom. The number of hydrogen-bond acceptors (Lipinski definition) is 8. The third kappa shape index (κ3) is 3.55. The molecule has 4 rings (SSSR count). The molecule has 0 aliphatic carbocycles. The lowest BCUT2D eigenvalue weighted by Gasteiger charge is -2.41. The Balaban J connectivity index is 1.47. The SMILES string of the molecule is CN1CNCC1C1C(F)CNCC1NC(=O)C1C(N)NN2C=C(F)CNC12. The van der Waals surface area contributed by atoms with Crippen LogP contribution in [0.15, 0.2) is 12.0 Å². The molecule has 7 unspecified atom stereocenters. The molecule has 0 radical (unpaired) electrons. The number of halogens is 2. The molecule has 1 amide bonds. The number of hydrazine groups is 1. The number of amides is 1. The van der Waals surface area contributed by atoms with Crippen LogP contribution >= 0.6 is 0 Å². The van der Waals surface area contributed by atoms with E-state index in [2.05, 4.69) is 31.6 Å². The Hall–Kier alpha value is -1.37. The largest absolute Gasteiger partial charge is 0.351 e. The van der Waals surface area contributed by atoms with Gasteiger partial charge in [0.05, 0.1) is 18.9 Å². The van der Waals surface area contributed by atoms with Gasteiger partial charge in [0.2, 0.25) is 5.91 Å². The van der Waals surface area contributed by atoms with Crippen LogP contribution in [0.2, 0.25) is 0 Å². The van der Waals surface area contributed by atoms with Crippen molar-refractivity contribution in [2.75, 3.05) is 39.9 Å². The van der Waals surface area contributed by atoms with Crippen LogP contribution in [-0.2, 0) is 4.79 Å². The van der Waals surface area contributed by atoms with E-state index in [4.69, 9.17) is 5.73 Å². The molecule has 4 aliphatic rings. The van der Waals surface area contributed by atoms with Crippen LogP contribution in [0.1, 0.15) is 0 Å². The lowest BCUT2D eigenvalue weighted by atomic mass is 9.83. The van der Waals surface area contributed by atoms with E-state index in [1.807, 2.05) is 7.05 Å². The number of nitrogens with zero attached hydrogens (tertiary/aromatic N) is 2. The van der Waals surface area contributed by atoms with Crippen molar-refractivity contribution in [3.8, 4) is 0 Å². The summed E-state index contributed by atoms with van der Waals surface area (Å²) >= 11 is 0. The fourth-order valence-corrected chi connectivity index (χ4v) is 4.68. The molecular weight excluding hydrogens is 358 g/mol. The van der Waals surface area contributed by atoms with Gasteiger partial charge in [-0.2, -0.15) is 0 Å². The van der Waals surface area contributed by atoms with Gasteiger partial charge in [-0.25, -0.2) is 14.2 Å². The van der Waals surface area contributed by atoms with Crippen LogP contribution in [0, 0.1) is 11.8 Å². The first kappa shape index (κ1) is 19.0. The summed E-state index contributed by atoms with van der Waals surface area (Å²) in [5.74, 6) is -1.52. The summed E-state index contributed by atoms with van der Waals surface area (Å²) in [7, 11) is 1.96. The minimum Gasteiger partial charge on any atom is -0.351 e. The Bertz CT molecular complexity index is 607. The maximum absolute atomic E-state index is 14.8. The number of nitrogens with two attached hydrogens (primary N) is 1. The Morgan fingerprint density at radius 3 is 2.89 bits per heavy atom.